The fraction of sp³-hybridized carbons (Fsp3) is 0.481. The Bertz CT molecular complexity index is 963. The molecule has 2 amide bonds. The summed E-state index contributed by atoms with van der Waals surface area (Å²) in [5.74, 6) is 1.48. The molecule has 1 heterocycles. The molecule has 0 saturated carbocycles. The summed E-state index contributed by atoms with van der Waals surface area (Å²) in [6.07, 6.45) is 0. The van der Waals surface area contributed by atoms with Crippen LogP contribution < -0.4 is 19.5 Å². The van der Waals surface area contributed by atoms with Gasteiger partial charge in [0.2, 0.25) is 5.91 Å². The zero-order chi connectivity index (χ0) is 25.4. The van der Waals surface area contributed by atoms with Gasteiger partial charge in [0.05, 0.1) is 20.8 Å². The highest BCUT2D eigenvalue weighted by atomic mass is 16.5. The fourth-order valence-electron chi connectivity index (χ4n) is 4.12. The first-order valence-corrected chi connectivity index (χ1v) is 12.1. The number of nitrogens with one attached hydrogen (secondary N) is 1. The first kappa shape index (κ1) is 26.3. The van der Waals surface area contributed by atoms with Crippen molar-refractivity contribution in [3.8, 4) is 17.2 Å². The average molecular weight is 484 g/mol. The lowest BCUT2D eigenvalue weighted by Gasteiger charge is -2.37. The lowest BCUT2D eigenvalue weighted by Crippen LogP contribution is -2.56. The van der Waals surface area contributed by atoms with E-state index in [1.807, 2.05) is 37.8 Å². The van der Waals surface area contributed by atoms with Crippen LogP contribution in [0.3, 0.4) is 0 Å². The standard InChI is InChI=1S/C27H37N3O5/c1-6-35-22-9-7-20(8-10-22)18-29-11-13-30(14-12-29)27(32)25(19(2)3)28-26(31)21-15-23(33-4)17-24(16-21)34-5/h7-10,15-17,19,25H,6,11-14,18H2,1-5H3,(H,28,31)/t25-/m1/s1. The monoisotopic (exact) mass is 483 g/mol. The maximum atomic E-state index is 13.3. The summed E-state index contributed by atoms with van der Waals surface area (Å²) < 4.78 is 16.0. The zero-order valence-electron chi connectivity index (χ0n) is 21.4. The van der Waals surface area contributed by atoms with E-state index < -0.39 is 6.04 Å². The molecule has 8 heteroatoms. The van der Waals surface area contributed by atoms with E-state index in [0.717, 1.165) is 25.4 Å². The minimum absolute atomic E-state index is 0.0519. The number of nitrogens with zero attached hydrogens (tertiary/aromatic N) is 2. The summed E-state index contributed by atoms with van der Waals surface area (Å²) in [4.78, 5) is 30.5. The average Bonchev–Trinajstić information content (AvgIpc) is 2.88. The number of rotatable bonds is 10. The number of hydrogen-bond acceptors (Lipinski definition) is 6. The highest BCUT2D eigenvalue weighted by Gasteiger charge is 2.31. The van der Waals surface area contributed by atoms with E-state index >= 15 is 0 Å². The van der Waals surface area contributed by atoms with Crippen LogP contribution in [0, 0.1) is 5.92 Å². The molecule has 0 unspecified atom stereocenters. The van der Waals surface area contributed by atoms with Gasteiger partial charge in [0.25, 0.3) is 5.91 Å². The van der Waals surface area contributed by atoms with Gasteiger partial charge in [-0.2, -0.15) is 0 Å². The number of ether oxygens (including phenoxy) is 3. The molecule has 1 aliphatic rings. The van der Waals surface area contributed by atoms with Gasteiger partial charge in [-0.3, -0.25) is 14.5 Å². The van der Waals surface area contributed by atoms with Crippen LogP contribution in [0.25, 0.3) is 0 Å². The summed E-state index contributed by atoms with van der Waals surface area (Å²) >= 11 is 0. The van der Waals surface area contributed by atoms with E-state index in [2.05, 4.69) is 22.3 Å². The van der Waals surface area contributed by atoms with Crippen LogP contribution in [0.4, 0.5) is 0 Å². The molecule has 0 radical (unpaired) electrons. The molecule has 1 fully saturated rings. The second-order valence-corrected chi connectivity index (χ2v) is 8.97. The van der Waals surface area contributed by atoms with E-state index in [1.54, 1.807) is 18.2 Å². The predicted molar refractivity (Wildman–Crippen MR) is 135 cm³/mol. The summed E-state index contributed by atoms with van der Waals surface area (Å²) in [6, 6.07) is 12.5. The lowest BCUT2D eigenvalue weighted by molar-refractivity contribution is -0.136. The Balaban J connectivity index is 1.58. The van der Waals surface area contributed by atoms with E-state index in [4.69, 9.17) is 14.2 Å². The molecule has 2 aromatic rings. The van der Waals surface area contributed by atoms with Gasteiger partial charge in [-0.1, -0.05) is 26.0 Å². The van der Waals surface area contributed by atoms with Crippen LogP contribution in [0.2, 0.25) is 0 Å². The van der Waals surface area contributed by atoms with Crippen LogP contribution in [-0.2, 0) is 11.3 Å². The number of amides is 2. The van der Waals surface area contributed by atoms with E-state index in [-0.39, 0.29) is 17.7 Å². The lowest BCUT2D eigenvalue weighted by atomic mass is 10.0. The van der Waals surface area contributed by atoms with Gasteiger partial charge in [-0.25, -0.2) is 0 Å². The fourth-order valence-corrected chi connectivity index (χ4v) is 4.12. The molecule has 1 saturated heterocycles. The summed E-state index contributed by atoms with van der Waals surface area (Å²) in [5, 5.41) is 2.93. The molecule has 3 rings (SSSR count). The van der Waals surface area contributed by atoms with Gasteiger partial charge in [-0.15, -0.1) is 0 Å². The Hall–Kier alpha value is -3.26. The molecular weight excluding hydrogens is 446 g/mol. The largest absolute Gasteiger partial charge is 0.497 e. The topological polar surface area (TPSA) is 80.3 Å². The van der Waals surface area contributed by atoms with Crippen LogP contribution in [0.1, 0.15) is 36.7 Å². The minimum atomic E-state index is -0.614. The van der Waals surface area contributed by atoms with Crippen molar-refractivity contribution < 1.29 is 23.8 Å². The van der Waals surface area contributed by atoms with Crippen LogP contribution >= 0.6 is 0 Å². The van der Waals surface area contributed by atoms with Gasteiger partial charge in [0.1, 0.15) is 23.3 Å². The van der Waals surface area contributed by atoms with Gasteiger partial charge in [-0.05, 0) is 42.7 Å². The van der Waals surface area contributed by atoms with Gasteiger partial charge < -0.3 is 24.4 Å². The van der Waals surface area contributed by atoms with Crippen LogP contribution in [0.15, 0.2) is 42.5 Å². The minimum Gasteiger partial charge on any atom is -0.497 e. The van der Waals surface area contributed by atoms with Crippen molar-refractivity contribution in [1.29, 1.82) is 0 Å². The molecular formula is C27H37N3O5. The normalized spacial score (nSPS) is 15.0. The van der Waals surface area contributed by atoms with Crippen molar-refractivity contribution in [2.45, 2.75) is 33.4 Å². The van der Waals surface area contributed by atoms with Crippen LogP contribution in [-0.4, -0.2) is 74.7 Å². The molecule has 0 spiro atoms. The van der Waals surface area contributed by atoms with Gasteiger partial charge >= 0.3 is 0 Å². The highest BCUT2D eigenvalue weighted by Crippen LogP contribution is 2.23. The molecule has 0 aromatic heterocycles. The number of benzene rings is 2. The number of carbonyl (C=O) groups excluding carboxylic acids is 2. The molecule has 0 bridgehead atoms. The number of piperazine rings is 1. The summed E-state index contributed by atoms with van der Waals surface area (Å²) in [7, 11) is 3.07. The summed E-state index contributed by atoms with van der Waals surface area (Å²) in [6.45, 7) is 10.2. The molecule has 35 heavy (non-hydrogen) atoms. The SMILES string of the molecule is CCOc1ccc(CN2CCN(C(=O)[C@H](NC(=O)c3cc(OC)cc(OC)c3)C(C)C)CC2)cc1. The van der Waals surface area contributed by atoms with Crippen LogP contribution in [0.5, 0.6) is 17.2 Å². The predicted octanol–water partition coefficient (Wildman–Crippen LogP) is 3.20. The van der Waals surface area contributed by atoms with Crippen molar-refractivity contribution in [2.24, 2.45) is 5.92 Å². The molecule has 2 aromatic carbocycles. The van der Waals surface area contributed by atoms with E-state index in [0.29, 0.717) is 36.8 Å². The van der Waals surface area contributed by atoms with Gasteiger partial charge in [0.15, 0.2) is 0 Å². The Morgan fingerprint density at radius 3 is 2.03 bits per heavy atom. The zero-order valence-corrected chi connectivity index (χ0v) is 21.4. The smallest absolute Gasteiger partial charge is 0.252 e. The third kappa shape index (κ3) is 7.11. The Morgan fingerprint density at radius 1 is 0.914 bits per heavy atom. The van der Waals surface area contributed by atoms with Crippen molar-refractivity contribution in [3.63, 3.8) is 0 Å². The Morgan fingerprint density at radius 2 is 1.51 bits per heavy atom. The highest BCUT2D eigenvalue weighted by molar-refractivity contribution is 5.98. The quantitative estimate of drug-likeness (QED) is 0.559. The first-order valence-electron chi connectivity index (χ1n) is 12.1. The van der Waals surface area contributed by atoms with E-state index in [1.165, 1.54) is 19.8 Å². The van der Waals surface area contributed by atoms with Crippen molar-refractivity contribution >= 4 is 11.8 Å². The third-order valence-corrected chi connectivity index (χ3v) is 6.16. The molecule has 0 aliphatic carbocycles. The number of carbonyl (C=O) groups is 2. The Labute approximate surface area is 208 Å². The molecule has 1 aliphatic heterocycles. The summed E-state index contributed by atoms with van der Waals surface area (Å²) in [5.41, 5.74) is 1.61. The molecule has 8 nitrogen and oxygen atoms in total. The first-order chi connectivity index (χ1) is 16.8. The second-order valence-electron chi connectivity index (χ2n) is 8.97. The third-order valence-electron chi connectivity index (χ3n) is 6.16. The number of methoxy groups -OCH3 is 2. The van der Waals surface area contributed by atoms with E-state index in [9.17, 15) is 9.59 Å². The second kappa shape index (κ2) is 12.4. The van der Waals surface area contributed by atoms with Crippen molar-refractivity contribution in [3.05, 3.63) is 53.6 Å². The molecule has 190 valence electrons. The van der Waals surface area contributed by atoms with Crippen molar-refractivity contribution in [2.75, 3.05) is 47.0 Å². The molecule has 1 N–H and O–H groups in total. The molecule has 1 atom stereocenters. The Kier molecular flexibility index (Phi) is 9.37. The number of hydrogen-bond donors (Lipinski definition) is 1. The van der Waals surface area contributed by atoms with Gasteiger partial charge in [0, 0.05) is 44.4 Å². The van der Waals surface area contributed by atoms with Crippen molar-refractivity contribution in [1.82, 2.24) is 15.1 Å². The maximum Gasteiger partial charge on any atom is 0.252 e. The maximum absolute atomic E-state index is 13.3.